The highest BCUT2D eigenvalue weighted by molar-refractivity contribution is 5.85. The molecule has 4 rings (SSSR count). The van der Waals surface area contributed by atoms with Gasteiger partial charge in [0.25, 0.3) is 0 Å². The fourth-order valence-corrected chi connectivity index (χ4v) is 4.86. The lowest BCUT2D eigenvalue weighted by molar-refractivity contribution is -0.126. The van der Waals surface area contributed by atoms with Crippen LogP contribution in [-0.4, -0.2) is 30.9 Å². The van der Waals surface area contributed by atoms with E-state index in [4.69, 9.17) is 4.74 Å². The summed E-state index contributed by atoms with van der Waals surface area (Å²) in [5.41, 5.74) is 4.93. The molecule has 1 atom stereocenters. The SMILES string of the molecule is COc1ccc(C(C)C)cc1CN1CCC(=O)C(C(c2ccccc2)c2ccccc2)C1.Cl. The molecule has 4 heteroatoms. The van der Waals surface area contributed by atoms with Gasteiger partial charge in [0.05, 0.1) is 7.11 Å². The number of piperidine rings is 1. The summed E-state index contributed by atoms with van der Waals surface area (Å²) in [5.74, 6) is 1.76. The number of Topliss-reactive ketones (excluding diaryl/α,β-unsaturated/α-hetero) is 1. The highest BCUT2D eigenvalue weighted by Crippen LogP contribution is 2.36. The molecular weight excluding hydrogens is 430 g/mol. The molecule has 0 radical (unpaired) electrons. The average molecular weight is 464 g/mol. The van der Waals surface area contributed by atoms with Crippen molar-refractivity contribution in [2.45, 2.75) is 38.6 Å². The van der Waals surface area contributed by atoms with Crippen LogP contribution in [0.5, 0.6) is 5.75 Å². The number of halogens is 1. The molecule has 3 nitrogen and oxygen atoms in total. The summed E-state index contributed by atoms with van der Waals surface area (Å²) in [6.07, 6.45) is 0.590. The molecule has 1 aliphatic rings. The van der Waals surface area contributed by atoms with Crippen LogP contribution in [0.25, 0.3) is 0 Å². The zero-order valence-corrected chi connectivity index (χ0v) is 20.6. The summed E-state index contributed by atoms with van der Waals surface area (Å²) in [7, 11) is 1.73. The number of ketones is 1. The monoisotopic (exact) mass is 463 g/mol. The lowest BCUT2D eigenvalue weighted by Crippen LogP contribution is -2.43. The number of ether oxygens (including phenoxy) is 1. The number of methoxy groups -OCH3 is 1. The van der Waals surface area contributed by atoms with Gasteiger partial charge in [-0.3, -0.25) is 9.69 Å². The van der Waals surface area contributed by atoms with Gasteiger partial charge in [-0.1, -0.05) is 86.6 Å². The van der Waals surface area contributed by atoms with Crippen LogP contribution in [0.4, 0.5) is 0 Å². The Hall–Kier alpha value is -2.62. The van der Waals surface area contributed by atoms with Crippen LogP contribution in [0.2, 0.25) is 0 Å². The standard InChI is InChI=1S/C29H33NO2.ClH/c1-21(2)24-14-15-28(32-3)25(18-24)19-30-17-16-27(31)26(20-30)29(22-10-6-4-7-11-22)23-12-8-5-9-13-23;/h4-15,18,21,26,29H,16-17,19-20H2,1-3H3;1H. The predicted octanol–water partition coefficient (Wildman–Crippen LogP) is 6.46. The molecule has 0 amide bonds. The third kappa shape index (κ3) is 5.85. The van der Waals surface area contributed by atoms with Crippen molar-refractivity contribution < 1.29 is 9.53 Å². The van der Waals surface area contributed by atoms with E-state index in [-0.39, 0.29) is 24.2 Å². The average Bonchev–Trinajstić information content (AvgIpc) is 2.82. The minimum absolute atomic E-state index is 0. The number of benzene rings is 3. The van der Waals surface area contributed by atoms with Crippen molar-refractivity contribution in [1.29, 1.82) is 0 Å². The smallest absolute Gasteiger partial charge is 0.139 e. The van der Waals surface area contributed by atoms with Gasteiger partial charge in [0, 0.05) is 43.5 Å². The van der Waals surface area contributed by atoms with Gasteiger partial charge in [0.2, 0.25) is 0 Å². The van der Waals surface area contributed by atoms with E-state index in [0.717, 1.165) is 25.4 Å². The minimum Gasteiger partial charge on any atom is -0.496 e. The van der Waals surface area contributed by atoms with Crippen molar-refractivity contribution in [3.05, 3.63) is 101 Å². The number of hydrogen-bond acceptors (Lipinski definition) is 3. The van der Waals surface area contributed by atoms with E-state index < -0.39 is 0 Å². The lowest BCUT2D eigenvalue weighted by Gasteiger charge is -2.36. The molecule has 0 saturated carbocycles. The second-order valence-corrected chi connectivity index (χ2v) is 9.08. The molecule has 3 aromatic rings. The normalized spacial score (nSPS) is 16.6. The molecule has 174 valence electrons. The third-order valence-corrected chi connectivity index (χ3v) is 6.63. The van der Waals surface area contributed by atoms with E-state index in [1.807, 2.05) is 12.1 Å². The van der Waals surface area contributed by atoms with Crippen molar-refractivity contribution in [2.24, 2.45) is 5.92 Å². The van der Waals surface area contributed by atoms with Crippen LogP contribution in [-0.2, 0) is 11.3 Å². The summed E-state index contributed by atoms with van der Waals surface area (Å²) < 4.78 is 5.66. The largest absolute Gasteiger partial charge is 0.496 e. The molecule has 0 N–H and O–H groups in total. The Bertz CT molecular complexity index is 997. The highest BCUT2D eigenvalue weighted by Gasteiger charge is 2.35. The molecule has 1 aliphatic heterocycles. The fourth-order valence-electron chi connectivity index (χ4n) is 4.86. The van der Waals surface area contributed by atoms with E-state index in [9.17, 15) is 4.79 Å². The van der Waals surface area contributed by atoms with Crippen molar-refractivity contribution >= 4 is 18.2 Å². The molecule has 0 aliphatic carbocycles. The molecule has 1 fully saturated rings. The quantitative estimate of drug-likeness (QED) is 0.402. The first-order valence-electron chi connectivity index (χ1n) is 11.6. The number of nitrogens with zero attached hydrogens (tertiary/aromatic N) is 1. The second kappa shape index (κ2) is 11.5. The van der Waals surface area contributed by atoms with E-state index in [1.54, 1.807) is 7.11 Å². The fraction of sp³-hybridized carbons (Fsp3) is 0.345. The number of carbonyl (C=O) groups excluding carboxylic acids is 1. The lowest BCUT2D eigenvalue weighted by atomic mass is 9.76. The molecule has 3 aromatic carbocycles. The van der Waals surface area contributed by atoms with Crippen LogP contribution in [0.1, 0.15) is 54.4 Å². The summed E-state index contributed by atoms with van der Waals surface area (Å²) in [4.78, 5) is 15.6. The summed E-state index contributed by atoms with van der Waals surface area (Å²) in [5, 5.41) is 0. The van der Waals surface area contributed by atoms with Crippen LogP contribution in [0.3, 0.4) is 0 Å². The van der Waals surface area contributed by atoms with Gasteiger partial charge in [0.1, 0.15) is 11.5 Å². The Kier molecular flexibility index (Phi) is 8.71. The summed E-state index contributed by atoms with van der Waals surface area (Å²) in [6.45, 7) is 6.77. The van der Waals surface area contributed by atoms with Gasteiger partial charge in [0.15, 0.2) is 0 Å². The van der Waals surface area contributed by atoms with Crippen molar-refractivity contribution in [3.8, 4) is 5.75 Å². The van der Waals surface area contributed by atoms with Gasteiger partial charge in [-0.25, -0.2) is 0 Å². The minimum atomic E-state index is -0.0622. The first-order valence-corrected chi connectivity index (χ1v) is 11.6. The van der Waals surface area contributed by atoms with Gasteiger partial charge < -0.3 is 4.74 Å². The van der Waals surface area contributed by atoms with Crippen LogP contribution in [0, 0.1) is 5.92 Å². The predicted molar refractivity (Wildman–Crippen MR) is 137 cm³/mol. The second-order valence-electron chi connectivity index (χ2n) is 9.08. The van der Waals surface area contributed by atoms with Gasteiger partial charge in [-0.15, -0.1) is 12.4 Å². The van der Waals surface area contributed by atoms with Crippen molar-refractivity contribution in [3.63, 3.8) is 0 Å². The number of carbonyl (C=O) groups is 1. The topological polar surface area (TPSA) is 29.5 Å². The Morgan fingerprint density at radius 1 is 0.909 bits per heavy atom. The molecule has 1 unspecified atom stereocenters. The highest BCUT2D eigenvalue weighted by atomic mass is 35.5. The first kappa shape index (κ1) is 25.0. The Labute approximate surface area is 204 Å². The zero-order chi connectivity index (χ0) is 22.5. The third-order valence-electron chi connectivity index (χ3n) is 6.63. The molecule has 0 aromatic heterocycles. The van der Waals surface area contributed by atoms with Crippen LogP contribution in [0.15, 0.2) is 78.9 Å². The Morgan fingerprint density at radius 3 is 2.06 bits per heavy atom. The van der Waals surface area contributed by atoms with E-state index >= 15 is 0 Å². The summed E-state index contributed by atoms with van der Waals surface area (Å²) >= 11 is 0. The molecule has 1 heterocycles. The number of hydrogen-bond donors (Lipinski definition) is 0. The molecule has 33 heavy (non-hydrogen) atoms. The van der Waals surface area contributed by atoms with Crippen LogP contribution < -0.4 is 4.74 Å². The van der Waals surface area contributed by atoms with Gasteiger partial charge in [-0.05, 0) is 28.7 Å². The number of likely N-dealkylation sites (tertiary alicyclic amines) is 1. The maximum absolute atomic E-state index is 13.2. The van der Waals surface area contributed by atoms with Gasteiger partial charge >= 0.3 is 0 Å². The Morgan fingerprint density at radius 2 is 1.52 bits per heavy atom. The maximum atomic E-state index is 13.2. The summed E-state index contributed by atoms with van der Waals surface area (Å²) in [6, 6.07) is 27.4. The van der Waals surface area contributed by atoms with Crippen molar-refractivity contribution in [1.82, 2.24) is 4.90 Å². The molecule has 0 spiro atoms. The first-order chi connectivity index (χ1) is 15.6. The van der Waals surface area contributed by atoms with Gasteiger partial charge in [-0.2, -0.15) is 0 Å². The van der Waals surface area contributed by atoms with E-state index in [2.05, 4.69) is 85.5 Å². The zero-order valence-electron chi connectivity index (χ0n) is 19.7. The molecule has 0 bridgehead atoms. The number of rotatable bonds is 7. The van der Waals surface area contributed by atoms with Crippen LogP contribution >= 0.6 is 12.4 Å². The Balaban J connectivity index is 0.00000306. The molecular formula is C29H34ClNO2. The van der Waals surface area contributed by atoms with E-state index in [0.29, 0.717) is 18.1 Å². The molecule has 1 saturated heterocycles. The van der Waals surface area contributed by atoms with E-state index in [1.165, 1.54) is 22.3 Å². The van der Waals surface area contributed by atoms with Crippen molar-refractivity contribution in [2.75, 3.05) is 20.2 Å². The maximum Gasteiger partial charge on any atom is 0.139 e.